The summed E-state index contributed by atoms with van der Waals surface area (Å²) in [6, 6.07) is 0.909. The summed E-state index contributed by atoms with van der Waals surface area (Å²) in [5.41, 5.74) is -0.723. The van der Waals surface area contributed by atoms with E-state index in [1.54, 1.807) is 0 Å². The molecule has 0 unspecified atom stereocenters. The second-order valence-corrected chi connectivity index (χ2v) is 5.10. The molecule has 1 aromatic carbocycles. The molecule has 0 saturated heterocycles. The Hall–Kier alpha value is -2.17. The number of hydrogen-bond donors (Lipinski definition) is 2. The summed E-state index contributed by atoms with van der Waals surface area (Å²) < 4.78 is 61.9. The zero-order valence-corrected chi connectivity index (χ0v) is 10.2. The van der Waals surface area contributed by atoms with Crippen LogP contribution >= 0.6 is 0 Å². The minimum absolute atomic E-state index is 0.401. The highest BCUT2D eigenvalue weighted by molar-refractivity contribution is 7.87. The molecule has 0 aliphatic rings. The molecule has 2 N–H and O–H groups in total. The van der Waals surface area contributed by atoms with E-state index in [0.29, 0.717) is 12.1 Å². The van der Waals surface area contributed by atoms with Gasteiger partial charge in [0.15, 0.2) is 5.75 Å². The first-order valence-corrected chi connectivity index (χ1v) is 6.25. The molecule has 0 aromatic heterocycles. The van der Waals surface area contributed by atoms with Crippen LogP contribution in [0.4, 0.5) is 13.2 Å². The topological polar surface area (TPSA) is 124 Å². The number of phenolic OH excluding ortho intramolecular Hbond substituents is 1. The molecule has 0 aliphatic heterocycles. The lowest BCUT2D eigenvalue weighted by molar-refractivity contribution is -0.271. The fourth-order valence-corrected chi connectivity index (χ4v) is 2.00. The summed E-state index contributed by atoms with van der Waals surface area (Å²) in [6.45, 7) is 0. The average Bonchev–Trinajstić information content (AvgIpc) is 2.20. The summed E-state index contributed by atoms with van der Waals surface area (Å²) in [5.74, 6) is -7.84. The van der Waals surface area contributed by atoms with E-state index >= 15 is 0 Å². The van der Waals surface area contributed by atoms with Gasteiger partial charge in [-0.1, -0.05) is 0 Å². The van der Waals surface area contributed by atoms with Crippen LogP contribution in [0.3, 0.4) is 0 Å². The molecule has 0 aliphatic carbocycles. The number of phenols is 1. The molecule has 0 spiro atoms. The second kappa shape index (κ2) is 5.07. The standard InChI is InChI=1S/C9H7F3O7S/c10-9(11,12)3-20(17,18)19-6-2-4(8(15)16)1-5(13)7(6)14/h1-2,13-14H,3H2,(H,15,16)/p-1. The second-order valence-electron chi connectivity index (χ2n) is 3.53. The SMILES string of the molecule is O=C(O)c1cc(O)c([O-])c(OS(=O)(=O)CC(F)(F)F)c1. The Kier molecular flexibility index (Phi) is 4.03. The van der Waals surface area contributed by atoms with E-state index in [-0.39, 0.29) is 0 Å². The van der Waals surface area contributed by atoms with Crippen molar-refractivity contribution in [1.82, 2.24) is 0 Å². The fraction of sp³-hybridized carbons (Fsp3) is 0.222. The maximum absolute atomic E-state index is 12.0. The van der Waals surface area contributed by atoms with Crippen LogP contribution in [0, 0.1) is 0 Å². The smallest absolute Gasteiger partial charge is 0.406 e. The predicted octanol–water partition coefficient (Wildman–Crippen LogP) is 0.435. The van der Waals surface area contributed by atoms with Gasteiger partial charge in [0.1, 0.15) is 11.5 Å². The van der Waals surface area contributed by atoms with Crippen LogP contribution in [-0.4, -0.2) is 36.5 Å². The Morgan fingerprint density at radius 2 is 1.90 bits per heavy atom. The molecule has 11 heteroatoms. The number of benzene rings is 1. The molecule has 112 valence electrons. The Labute approximate surface area is 110 Å². The molecule has 1 aromatic rings. The third-order valence-corrected chi connectivity index (χ3v) is 2.95. The lowest BCUT2D eigenvalue weighted by atomic mass is 10.2. The summed E-state index contributed by atoms with van der Waals surface area (Å²) in [4.78, 5) is 10.6. The highest BCUT2D eigenvalue weighted by Gasteiger charge is 2.36. The lowest BCUT2D eigenvalue weighted by Gasteiger charge is -2.17. The minimum Gasteiger partial charge on any atom is -0.867 e. The van der Waals surface area contributed by atoms with E-state index in [0.717, 1.165) is 0 Å². The molecule has 0 radical (unpaired) electrons. The molecule has 0 atom stereocenters. The molecule has 0 saturated carbocycles. The van der Waals surface area contributed by atoms with E-state index in [9.17, 15) is 31.5 Å². The zero-order valence-electron chi connectivity index (χ0n) is 9.34. The monoisotopic (exact) mass is 315 g/mol. The van der Waals surface area contributed by atoms with Gasteiger partial charge in [0.2, 0.25) is 0 Å². The van der Waals surface area contributed by atoms with Gasteiger partial charge in [0, 0.05) is 0 Å². The number of halogens is 3. The maximum Gasteiger partial charge on any atom is 0.406 e. The number of rotatable bonds is 4. The van der Waals surface area contributed by atoms with Crippen molar-refractivity contribution in [2.45, 2.75) is 6.18 Å². The number of aromatic carboxylic acids is 1. The number of carbonyl (C=O) groups is 1. The molecule has 20 heavy (non-hydrogen) atoms. The van der Waals surface area contributed by atoms with Crippen molar-refractivity contribution in [2.75, 3.05) is 5.75 Å². The van der Waals surface area contributed by atoms with Gasteiger partial charge in [-0.2, -0.15) is 21.6 Å². The van der Waals surface area contributed by atoms with Crippen LogP contribution in [0.25, 0.3) is 0 Å². The molecular formula is C9H6F3O7S-. The van der Waals surface area contributed by atoms with Gasteiger partial charge in [0.05, 0.1) is 5.56 Å². The third kappa shape index (κ3) is 4.19. The van der Waals surface area contributed by atoms with E-state index < -0.39 is 50.8 Å². The predicted molar refractivity (Wildman–Crippen MR) is 55.0 cm³/mol. The molecular weight excluding hydrogens is 309 g/mol. The number of alkyl halides is 3. The third-order valence-electron chi connectivity index (χ3n) is 1.84. The first-order valence-electron chi connectivity index (χ1n) is 4.67. The van der Waals surface area contributed by atoms with Crippen LogP contribution in [0.2, 0.25) is 0 Å². The van der Waals surface area contributed by atoms with Crippen molar-refractivity contribution in [2.24, 2.45) is 0 Å². The Morgan fingerprint density at radius 1 is 1.35 bits per heavy atom. The van der Waals surface area contributed by atoms with Crippen molar-refractivity contribution in [3.05, 3.63) is 17.7 Å². The highest BCUT2D eigenvalue weighted by atomic mass is 32.2. The van der Waals surface area contributed by atoms with Crippen molar-refractivity contribution in [3.8, 4) is 17.2 Å². The molecule has 0 amide bonds. The van der Waals surface area contributed by atoms with Crippen LogP contribution in [-0.2, 0) is 10.1 Å². The Balaban J connectivity index is 3.18. The van der Waals surface area contributed by atoms with E-state index in [4.69, 9.17) is 10.2 Å². The van der Waals surface area contributed by atoms with Gasteiger partial charge in [-0.25, -0.2) is 4.79 Å². The summed E-state index contributed by atoms with van der Waals surface area (Å²) >= 11 is 0. The summed E-state index contributed by atoms with van der Waals surface area (Å²) in [5, 5.41) is 29.0. The first-order chi connectivity index (χ1) is 8.91. The molecule has 7 nitrogen and oxygen atoms in total. The largest absolute Gasteiger partial charge is 0.867 e. The van der Waals surface area contributed by atoms with E-state index in [2.05, 4.69) is 4.18 Å². The quantitative estimate of drug-likeness (QED) is 0.772. The van der Waals surface area contributed by atoms with E-state index in [1.807, 2.05) is 0 Å². The van der Waals surface area contributed by atoms with Crippen LogP contribution in [0.1, 0.15) is 10.4 Å². The van der Waals surface area contributed by atoms with Crippen LogP contribution in [0.15, 0.2) is 12.1 Å². The van der Waals surface area contributed by atoms with Gasteiger partial charge < -0.3 is 19.5 Å². The Morgan fingerprint density at radius 3 is 2.35 bits per heavy atom. The van der Waals surface area contributed by atoms with Gasteiger partial charge in [-0.15, -0.1) is 0 Å². The fourth-order valence-electron chi connectivity index (χ4n) is 1.14. The van der Waals surface area contributed by atoms with Crippen LogP contribution in [0.5, 0.6) is 17.2 Å². The van der Waals surface area contributed by atoms with Gasteiger partial charge in [0.25, 0.3) is 0 Å². The molecule has 1 rings (SSSR count). The van der Waals surface area contributed by atoms with Gasteiger partial charge in [-0.05, 0) is 17.9 Å². The normalized spacial score (nSPS) is 12.2. The number of aromatic hydroxyl groups is 1. The number of hydrogen-bond acceptors (Lipinski definition) is 6. The maximum atomic E-state index is 12.0. The van der Waals surface area contributed by atoms with Gasteiger partial charge in [-0.3, -0.25) is 0 Å². The first kappa shape index (κ1) is 15.9. The number of carboxylic acid groups (broad SMARTS) is 1. The summed E-state index contributed by atoms with van der Waals surface area (Å²) in [7, 11) is -5.20. The summed E-state index contributed by atoms with van der Waals surface area (Å²) in [6.07, 6.45) is -5.10. The van der Waals surface area contributed by atoms with Gasteiger partial charge >= 0.3 is 22.3 Å². The van der Waals surface area contributed by atoms with Crippen molar-refractivity contribution in [1.29, 1.82) is 0 Å². The number of carboxylic acids is 1. The van der Waals surface area contributed by atoms with E-state index in [1.165, 1.54) is 0 Å². The molecule has 0 heterocycles. The minimum atomic E-state index is -5.20. The lowest BCUT2D eigenvalue weighted by Crippen LogP contribution is -2.26. The highest BCUT2D eigenvalue weighted by Crippen LogP contribution is 2.35. The zero-order chi connectivity index (χ0) is 15.7. The van der Waals surface area contributed by atoms with Crippen LogP contribution < -0.4 is 9.29 Å². The molecule has 0 bridgehead atoms. The molecule has 0 fully saturated rings. The van der Waals surface area contributed by atoms with Crippen molar-refractivity contribution < 1.29 is 45.9 Å². The van der Waals surface area contributed by atoms with Crippen molar-refractivity contribution in [3.63, 3.8) is 0 Å². The van der Waals surface area contributed by atoms with Crippen molar-refractivity contribution >= 4 is 16.1 Å². The average molecular weight is 315 g/mol. The Bertz CT molecular complexity index is 636.